The van der Waals surface area contributed by atoms with Crippen LogP contribution in [0.2, 0.25) is 0 Å². The minimum atomic E-state index is -0.155. The van der Waals surface area contributed by atoms with E-state index in [0.29, 0.717) is 0 Å². The second-order valence-corrected chi connectivity index (χ2v) is 3.09. The summed E-state index contributed by atoms with van der Waals surface area (Å²) in [4.78, 5) is 11.4. The monoisotopic (exact) mass is 166 g/mol. The average molecular weight is 166 g/mol. The second kappa shape index (κ2) is 4.13. The van der Waals surface area contributed by atoms with E-state index >= 15 is 0 Å². The molecule has 66 valence electrons. The molecule has 1 amide bonds. The van der Waals surface area contributed by atoms with Gasteiger partial charge in [0.25, 0.3) is 0 Å². The predicted octanol–water partition coefficient (Wildman–Crippen LogP) is -0.266. The largest absolute Gasteiger partial charge is 0.342 e. The summed E-state index contributed by atoms with van der Waals surface area (Å²) in [5.74, 6) is 2.65. The molecule has 0 spiro atoms. The Morgan fingerprint density at radius 1 is 1.83 bits per heavy atom. The highest BCUT2D eigenvalue weighted by Gasteiger charge is 2.22. The van der Waals surface area contributed by atoms with Gasteiger partial charge in [0.1, 0.15) is 0 Å². The minimum absolute atomic E-state index is 0.0745. The number of hydrogen-bond acceptors (Lipinski definition) is 2. The van der Waals surface area contributed by atoms with Crippen molar-refractivity contribution in [3.8, 4) is 12.3 Å². The molecule has 3 nitrogen and oxygen atoms in total. The molecule has 1 aliphatic rings. The lowest BCUT2D eigenvalue weighted by atomic mass is 10.1. The van der Waals surface area contributed by atoms with E-state index in [1.807, 2.05) is 0 Å². The maximum Gasteiger partial charge on any atom is 0.225 e. The summed E-state index contributed by atoms with van der Waals surface area (Å²) >= 11 is 0. The van der Waals surface area contributed by atoms with Crippen molar-refractivity contribution in [2.45, 2.75) is 19.4 Å². The second-order valence-electron chi connectivity index (χ2n) is 3.09. The lowest BCUT2D eigenvalue weighted by molar-refractivity contribution is -0.124. The topological polar surface area (TPSA) is 41.1 Å². The van der Waals surface area contributed by atoms with Gasteiger partial charge in [0.05, 0.1) is 12.0 Å². The fraction of sp³-hybridized carbons (Fsp3) is 0.667. The Morgan fingerprint density at radius 3 is 3.08 bits per heavy atom. The normalized spacial score (nSPS) is 24.5. The van der Waals surface area contributed by atoms with Gasteiger partial charge in [-0.3, -0.25) is 4.79 Å². The van der Waals surface area contributed by atoms with Crippen LogP contribution >= 0.6 is 0 Å². The van der Waals surface area contributed by atoms with E-state index in [-0.39, 0.29) is 17.9 Å². The van der Waals surface area contributed by atoms with Crippen LogP contribution in [-0.4, -0.2) is 25.0 Å². The number of carbonyl (C=O) groups is 1. The van der Waals surface area contributed by atoms with Crippen molar-refractivity contribution >= 4 is 5.91 Å². The predicted molar refractivity (Wildman–Crippen MR) is 47.4 cm³/mol. The van der Waals surface area contributed by atoms with Gasteiger partial charge in [-0.05, 0) is 19.9 Å². The molecule has 0 aromatic heterocycles. The Balaban J connectivity index is 2.33. The molecule has 0 radical (unpaired) electrons. The van der Waals surface area contributed by atoms with Gasteiger partial charge < -0.3 is 10.6 Å². The molecule has 3 heteroatoms. The van der Waals surface area contributed by atoms with E-state index in [1.165, 1.54) is 0 Å². The molecule has 1 heterocycles. The summed E-state index contributed by atoms with van der Waals surface area (Å²) in [5, 5.41) is 5.89. The Bertz CT molecular complexity index is 201. The van der Waals surface area contributed by atoms with Crippen LogP contribution in [0.5, 0.6) is 0 Å². The van der Waals surface area contributed by atoms with Crippen molar-refractivity contribution in [3.63, 3.8) is 0 Å². The van der Waals surface area contributed by atoms with Gasteiger partial charge in [0.2, 0.25) is 5.91 Å². The lowest BCUT2D eigenvalue weighted by Gasteiger charge is -2.11. The van der Waals surface area contributed by atoms with Crippen molar-refractivity contribution in [2.75, 3.05) is 13.1 Å². The highest BCUT2D eigenvalue weighted by Crippen LogP contribution is 2.06. The summed E-state index contributed by atoms with van der Waals surface area (Å²) in [7, 11) is 0. The number of terminal acetylenes is 1. The van der Waals surface area contributed by atoms with Crippen LogP contribution in [0, 0.1) is 18.3 Å². The van der Waals surface area contributed by atoms with E-state index in [0.717, 1.165) is 19.5 Å². The fourth-order valence-corrected chi connectivity index (χ4v) is 1.25. The Kier molecular flexibility index (Phi) is 3.12. The van der Waals surface area contributed by atoms with Gasteiger partial charge in [-0.2, -0.15) is 0 Å². The maximum absolute atomic E-state index is 11.4. The highest BCUT2D eigenvalue weighted by molar-refractivity contribution is 5.79. The molecule has 0 aliphatic carbocycles. The number of hydrogen-bond donors (Lipinski definition) is 2. The maximum atomic E-state index is 11.4. The van der Waals surface area contributed by atoms with Gasteiger partial charge in [-0.1, -0.05) is 5.92 Å². The molecule has 0 aromatic carbocycles. The average Bonchev–Trinajstić information content (AvgIpc) is 2.56. The van der Waals surface area contributed by atoms with Crippen molar-refractivity contribution in [2.24, 2.45) is 5.92 Å². The van der Waals surface area contributed by atoms with E-state index in [1.54, 1.807) is 6.92 Å². The number of carbonyl (C=O) groups excluding carboxylic acids is 1. The molecule has 2 atom stereocenters. The third-order valence-corrected chi connectivity index (χ3v) is 2.04. The Labute approximate surface area is 72.9 Å². The van der Waals surface area contributed by atoms with Crippen molar-refractivity contribution in [1.29, 1.82) is 0 Å². The minimum Gasteiger partial charge on any atom is -0.342 e. The Morgan fingerprint density at radius 2 is 2.58 bits per heavy atom. The number of amides is 1. The molecule has 1 fully saturated rings. The van der Waals surface area contributed by atoms with Crippen LogP contribution in [0.25, 0.3) is 0 Å². The first-order chi connectivity index (χ1) is 5.74. The van der Waals surface area contributed by atoms with E-state index in [9.17, 15) is 4.79 Å². The van der Waals surface area contributed by atoms with Gasteiger partial charge in [0, 0.05) is 6.54 Å². The fourth-order valence-electron chi connectivity index (χ4n) is 1.25. The summed E-state index contributed by atoms with van der Waals surface area (Å²) in [5.41, 5.74) is 0. The van der Waals surface area contributed by atoms with Crippen LogP contribution in [0.4, 0.5) is 0 Å². The van der Waals surface area contributed by atoms with Gasteiger partial charge in [0.15, 0.2) is 0 Å². The van der Waals surface area contributed by atoms with Crippen molar-refractivity contribution in [3.05, 3.63) is 0 Å². The molecular weight excluding hydrogens is 152 g/mol. The zero-order valence-corrected chi connectivity index (χ0v) is 7.26. The summed E-state index contributed by atoms with van der Waals surface area (Å²) in [6.45, 7) is 3.52. The molecular formula is C9H14N2O. The van der Waals surface area contributed by atoms with Crippen molar-refractivity contribution < 1.29 is 4.79 Å². The summed E-state index contributed by atoms with van der Waals surface area (Å²) in [6.07, 6.45) is 6.06. The zero-order valence-electron chi connectivity index (χ0n) is 7.26. The van der Waals surface area contributed by atoms with Gasteiger partial charge in [-0.25, -0.2) is 0 Å². The molecule has 0 bridgehead atoms. The number of nitrogens with one attached hydrogen (secondary N) is 2. The van der Waals surface area contributed by atoms with Gasteiger partial charge in [-0.15, -0.1) is 6.42 Å². The molecule has 2 unspecified atom stereocenters. The SMILES string of the molecule is C#CC(C)NC(=O)C1CCNC1. The highest BCUT2D eigenvalue weighted by atomic mass is 16.2. The zero-order chi connectivity index (χ0) is 8.97. The molecule has 12 heavy (non-hydrogen) atoms. The first kappa shape index (κ1) is 9.08. The van der Waals surface area contributed by atoms with Crippen LogP contribution in [0.15, 0.2) is 0 Å². The summed E-state index contributed by atoms with van der Waals surface area (Å²) < 4.78 is 0. The molecule has 1 saturated heterocycles. The lowest BCUT2D eigenvalue weighted by Crippen LogP contribution is -2.37. The first-order valence-electron chi connectivity index (χ1n) is 4.21. The standard InChI is InChI=1S/C9H14N2O/c1-3-7(2)11-9(12)8-4-5-10-6-8/h1,7-8,10H,4-6H2,2H3,(H,11,12). The smallest absolute Gasteiger partial charge is 0.225 e. The molecule has 2 N–H and O–H groups in total. The Hall–Kier alpha value is -1.01. The third kappa shape index (κ3) is 2.24. The first-order valence-corrected chi connectivity index (χ1v) is 4.21. The van der Waals surface area contributed by atoms with E-state index in [2.05, 4.69) is 16.6 Å². The summed E-state index contributed by atoms with van der Waals surface area (Å²) in [6, 6.07) is -0.155. The quantitative estimate of drug-likeness (QED) is 0.555. The van der Waals surface area contributed by atoms with Crippen LogP contribution in [0.3, 0.4) is 0 Å². The molecule has 0 saturated carbocycles. The van der Waals surface area contributed by atoms with Crippen LogP contribution in [0.1, 0.15) is 13.3 Å². The van der Waals surface area contributed by atoms with Crippen LogP contribution < -0.4 is 10.6 Å². The third-order valence-electron chi connectivity index (χ3n) is 2.04. The van der Waals surface area contributed by atoms with E-state index in [4.69, 9.17) is 6.42 Å². The van der Waals surface area contributed by atoms with Crippen molar-refractivity contribution in [1.82, 2.24) is 10.6 Å². The van der Waals surface area contributed by atoms with Gasteiger partial charge >= 0.3 is 0 Å². The molecule has 1 rings (SSSR count). The molecule has 0 aromatic rings. The van der Waals surface area contributed by atoms with E-state index < -0.39 is 0 Å². The van der Waals surface area contributed by atoms with Crippen LogP contribution in [-0.2, 0) is 4.79 Å². The number of rotatable bonds is 2. The molecule has 1 aliphatic heterocycles.